The Morgan fingerprint density at radius 2 is 2.07 bits per heavy atom. The maximum Gasteiger partial charge on any atom is 0.0300 e. The summed E-state index contributed by atoms with van der Waals surface area (Å²) in [6.07, 6.45) is 10.1. The first kappa shape index (κ1) is 11.3. The van der Waals surface area contributed by atoms with E-state index in [1.807, 2.05) is 13.8 Å². The molecule has 0 aliphatic heterocycles. The second kappa shape index (κ2) is 5.16. The summed E-state index contributed by atoms with van der Waals surface area (Å²) in [5, 5.41) is 0. The van der Waals surface area contributed by atoms with E-state index in [4.69, 9.17) is 5.73 Å². The quantitative estimate of drug-likeness (QED) is 0.624. The van der Waals surface area contributed by atoms with E-state index in [0.29, 0.717) is 6.04 Å². The third-order valence-corrected chi connectivity index (χ3v) is 2.65. The smallest absolute Gasteiger partial charge is 0.0300 e. The van der Waals surface area contributed by atoms with E-state index in [9.17, 15) is 0 Å². The van der Waals surface area contributed by atoms with Crippen molar-refractivity contribution in [3.8, 4) is 0 Å². The lowest BCUT2D eigenvalue weighted by atomic mass is 10.1. The van der Waals surface area contributed by atoms with E-state index in [2.05, 4.69) is 25.2 Å². The van der Waals surface area contributed by atoms with Crippen LogP contribution in [0, 0.1) is 0 Å². The van der Waals surface area contributed by atoms with E-state index >= 15 is 0 Å². The van der Waals surface area contributed by atoms with Crippen molar-refractivity contribution in [2.24, 2.45) is 5.73 Å². The van der Waals surface area contributed by atoms with Crippen LogP contribution in [0.4, 0.5) is 0 Å². The van der Waals surface area contributed by atoms with Crippen molar-refractivity contribution >= 4 is 0 Å². The van der Waals surface area contributed by atoms with Gasteiger partial charge in [0, 0.05) is 6.04 Å². The molecule has 14 heavy (non-hydrogen) atoms. The third kappa shape index (κ3) is 2.36. The Bertz CT molecular complexity index is 282. The Balaban J connectivity index is 0.000000461. The zero-order valence-corrected chi connectivity index (χ0v) is 9.51. The summed E-state index contributed by atoms with van der Waals surface area (Å²) in [4.78, 5) is 0. The zero-order chi connectivity index (χ0) is 10.6. The fraction of sp³-hybridized carbons (Fsp3) is 0.538. The molecule has 0 aromatic heterocycles. The average molecular weight is 191 g/mol. The van der Waals surface area contributed by atoms with Crippen LogP contribution in [0.5, 0.6) is 0 Å². The van der Waals surface area contributed by atoms with Gasteiger partial charge in [-0.15, -0.1) is 0 Å². The largest absolute Gasteiger partial charge is 0.324 e. The van der Waals surface area contributed by atoms with Gasteiger partial charge in [-0.25, -0.2) is 0 Å². The maximum atomic E-state index is 5.97. The number of allylic oxidation sites excluding steroid dienone is 4. The van der Waals surface area contributed by atoms with Gasteiger partial charge in [0.25, 0.3) is 0 Å². The van der Waals surface area contributed by atoms with Gasteiger partial charge in [-0.3, -0.25) is 0 Å². The molecule has 2 rings (SSSR count). The van der Waals surface area contributed by atoms with Crippen LogP contribution in [0.15, 0.2) is 34.9 Å². The van der Waals surface area contributed by atoms with Gasteiger partial charge in [0.2, 0.25) is 0 Å². The summed E-state index contributed by atoms with van der Waals surface area (Å²) in [7, 11) is 0. The molecular weight excluding hydrogens is 170 g/mol. The van der Waals surface area contributed by atoms with Crippen molar-refractivity contribution in [1.82, 2.24) is 0 Å². The number of hydrogen-bond donors (Lipinski definition) is 1. The SMILES string of the molecule is CC.CC1=CC2=C(C=CC1)C(N)CC2. The molecule has 2 aliphatic rings. The summed E-state index contributed by atoms with van der Waals surface area (Å²) >= 11 is 0. The van der Waals surface area contributed by atoms with Gasteiger partial charge in [0.15, 0.2) is 0 Å². The number of hydrogen-bond acceptors (Lipinski definition) is 1. The zero-order valence-electron chi connectivity index (χ0n) is 9.51. The van der Waals surface area contributed by atoms with Crippen LogP contribution < -0.4 is 5.73 Å². The standard InChI is InChI=1S/C11H15N.C2H6/c1-8-3-2-4-10-9(7-8)5-6-11(10)12;1-2/h2,4,7,11H,3,5-6,12H2,1H3;1-2H3. The highest BCUT2D eigenvalue weighted by molar-refractivity contribution is 5.44. The summed E-state index contributed by atoms with van der Waals surface area (Å²) < 4.78 is 0. The summed E-state index contributed by atoms with van der Waals surface area (Å²) in [6.45, 7) is 6.18. The molecule has 1 atom stereocenters. The molecule has 78 valence electrons. The highest BCUT2D eigenvalue weighted by atomic mass is 14.6. The van der Waals surface area contributed by atoms with E-state index in [0.717, 1.165) is 19.3 Å². The molecule has 0 fully saturated rings. The van der Waals surface area contributed by atoms with Crippen LogP contribution in [0.2, 0.25) is 0 Å². The average Bonchev–Trinajstić information content (AvgIpc) is 2.44. The molecule has 2 N–H and O–H groups in total. The molecule has 0 amide bonds. The summed E-state index contributed by atoms with van der Waals surface area (Å²) in [5.41, 5.74) is 10.2. The summed E-state index contributed by atoms with van der Waals surface area (Å²) in [6, 6.07) is 0.290. The van der Waals surface area contributed by atoms with Crippen LogP contribution in [-0.4, -0.2) is 6.04 Å². The molecule has 1 nitrogen and oxygen atoms in total. The van der Waals surface area contributed by atoms with Gasteiger partial charge in [0.1, 0.15) is 0 Å². The molecular formula is C13H21N. The lowest BCUT2D eigenvalue weighted by Crippen LogP contribution is -2.17. The van der Waals surface area contributed by atoms with Crippen molar-refractivity contribution in [3.63, 3.8) is 0 Å². The molecule has 2 aliphatic carbocycles. The Hall–Kier alpha value is -0.820. The molecule has 0 saturated carbocycles. The molecule has 0 aromatic carbocycles. The van der Waals surface area contributed by atoms with Crippen LogP contribution in [0.3, 0.4) is 0 Å². The van der Waals surface area contributed by atoms with E-state index in [1.54, 1.807) is 0 Å². The monoisotopic (exact) mass is 191 g/mol. The van der Waals surface area contributed by atoms with Crippen LogP contribution in [0.25, 0.3) is 0 Å². The topological polar surface area (TPSA) is 26.0 Å². The highest BCUT2D eigenvalue weighted by Crippen LogP contribution is 2.30. The summed E-state index contributed by atoms with van der Waals surface area (Å²) in [5.74, 6) is 0. The fourth-order valence-electron chi connectivity index (χ4n) is 1.96. The second-order valence-electron chi connectivity index (χ2n) is 3.72. The molecule has 1 heteroatoms. The molecule has 0 heterocycles. The highest BCUT2D eigenvalue weighted by Gasteiger charge is 2.19. The Morgan fingerprint density at radius 1 is 1.36 bits per heavy atom. The minimum atomic E-state index is 0.290. The fourth-order valence-corrected chi connectivity index (χ4v) is 1.96. The predicted octanol–water partition coefficient (Wildman–Crippen LogP) is 3.34. The molecule has 0 bridgehead atoms. The molecule has 0 spiro atoms. The normalized spacial score (nSPS) is 24.9. The van der Waals surface area contributed by atoms with Gasteiger partial charge in [0.05, 0.1) is 0 Å². The molecule has 0 aromatic rings. The van der Waals surface area contributed by atoms with Gasteiger partial charge < -0.3 is 5.73 Å². The van der Waals surface area contributed by atoms with Crippen molar-refractivity contribution in [2.75, 3.05) is 0 Å². The predicted molar refractivity (Wildman–Crippen MR) is 63.1 cm³/mol. The minimum absolute atomic E-state index is 0.290. The Labute approximate surface area is 87.4 Å². The van der Waals surface area contributed by atoms with E-state index < -0.39 is 0 Å². The molecule has 0 saturated heterocycles. The van der Waals surface area contributed by atoms with Crippen molar-refractivity contribution in [1.29, 1.82) is 0 Å². The lowest BCUT2D eigenvalue weighted by Gasteiger charge is -2.02. The van der Waals surface area contributed by atoms with Crippen LogP contribution in [0.1, 0.15) is 40.0 Å². The Kier molecular flexibility index (Phi) is 4.15. The van der Waals surface area contributed by atoms with Gasteiger partial charge in [-0.2, -0.15) is 0 Å². The Morgan fingerprint density at radius 3 is 2.79 bits per heavy atom. The third-order valence-electron chi connectivity index (χ3n) is 2.65. The van der Waals surface area contributed by atoms with Crippen molar-refractivity contribution < 1.29 is 0 Å². The number of rotatable bonds is 0. The first-order valence-electron chi connectivity index (χ1n) is 5.59. The van der Waals surface area contributed by atoms with Gasteiger partial charge in [-0.1, -0.05) is 37.6 Å². The first-order chi connectivity index (χ1) is 6.77. The van der Waals surface area contributed by atoms with E-state index in [1.165, 1.54) is 16.7 Å². The van der Waals surface area contributed by atoms with Crippen molar-refractivity contribution in [2.45, 2.75) is 46.1 Å². The van der Waals surface area contributed by atoms with Gasteiger partial charge >= 0.3 is 0 Å². The lowest BCUT2D eigenvalue weighted by molar-refractivity contribution is 0.759. The molecule has 0 radical (unpaired) electrons. The molecule has 1 unspecified atom stereocenters. The van der Waals surface area contributed by atoms with Crippen molar-refractivity contribution in [3.05, 3.63) is 34.9 Å². The van der Waals surface area contributed by atoms with Crippen LogP contribution >= 0.6 is 0 Å². The number of nitrogens with two attached hydrogens (primary N) is 1. The van der Waals surface area contributed by atoms with Gasteiger partial charge in [-0.05, 0) is 37.3 Å². The second-order valence-corrected chi connectivity index (χ2v) is 3.72. The first-order valence-corrected chi connectivity index (χ1v) is 5.59. The maximum absolute atomic E-state index is 5.97. The van der Waals surface area contributed by atoms with E-state index in [-0.39, 0.29) is 0 Å². The minimum Gasteiger partial charge on any atom is -0.324 e. The van der Waals surface area contributed by atoms with Crippen LogP contribution in [-0.2, 0) is 0 Å².